The summed E-state index contributed by atoms with van der Waals surface area (Å²) in [4.78, 5) is 15.0. The molecule has 194 valence electrons. The molecule has 0 aliphatic carbocycles. The highest BCUT2D eigenvalue weighted by atomic mass is 19.1. The molecule has 1 amide bonds. The minimum atomic E-state index is -1.07. The molecule has 2 atom stereocenters. The molecule has 6 nitrogen and oxygen atoms in total. The molecule has 36 heavy (non-hydrogen) atoms. The molecule has 2 aliphatic heterocycles. The maximum atomic E-state index is 13.6. The second-order valence-corrected chi connectivity index (χ2v) is 11.9. The molecule has 2 fully saturated rings. The average Bonchev–Trinajstić information content (AvgIpc) is 2.99. The summed E-state index contributed by atoms with van der Waals surface area (Å²) in [5, 5.41) is 14.1. The SMILES string of the molecule is C[C@@H](c1ccc(B2NC(C)(C)C(C)(C)O2)cc1)N1CC[C@](CC(C)(C)O)(c2ccc(F)cc2)OC1=O. The van der Waals surface area contributed by atoms with Gasteiger partial charge in [0.2, 0.25) is 0 Å². The van der Waals surface area contributed by atoms with Crippen molar-refractivity contribution >= 4 is 18.6 Å². The number of carbonyl (C=O) groups excluding carboxylic acids is 1. The number of nitrogens with zero attached hydrogens (tertiary/aromatic N) is 1. The Morgan fingerprint density at radius 1 is 1.11 bits per heavy atom. The van der Waals surface area contributed by atoms with Crippen molar-refractivity contribution < 1.29 is 23.7 Å². The quantitative estimate of drug-likeness (QED) is 0.570. The van der Waals surface area contributed by atoms with Crippen LogP contribution < -0.4 is 10.7 Å². The first-order valence-corrected chi connectivity index (χ1v) is 12.7. The highest BCUT2D eigenvalue weighted by Gasteiger charge is 2.50. The minimum absolute atomic E-state index is 0.165. The molecule has 0 saturated carbocycles. The Labute approximate surface area is 214 Å². The number of aliphatic hydroxyl groups is 1. The van der Waals surface area contributed by atoms with Gasteiger partial charge in [0.05, 0.1) is 17.2 Å². The van der Waals surface area contributed by atoms with Gasteiger partial charge in [0, 0.05) is 24.9 Å². The van der Waals surface area contributed by atoms with E-state index in [1.807, 2.05) is 31.2 Å². The monoisotopic (exact) mass is 496 g/mol. The Morgan fingerprint density at radius 2 is 1.72 bits per heavy atom. The molecule has 2 heterocycles. The summed E-state index contributed by atoms with van der Waals surface area (Å²) in [6.45, 7) is 14.2. The number of cyclic esters (lactones) is 1. The third-order valence-corrected chi connectivity index (χ3v) is 7.96. The normalized spacial score (nSPS) is 24.5. The van der Waals surface area contributed by atoms with Gasteiger partial charge in [0.1, 0.15) is 11.4 Å². The van der Waals surface area contributed by atoms with Crippen molar-refractivity contribution in [2.45, 2.75) is 89.7 Å². The molecule has 0 aromatic heterocycles. The van der Waals surface area contributed by atoms with Gasteiger partial charge in [-0.05, 0) is 77.2 Å². The van der Waals surface area contributed by atoms with Crippen LogP contribution in [0.25, 0.3) is 0 Å². The Balaban J connectivity index is 1.50. The van der Waals surface area contributed by atoms with E-state index in [0.717, 1.165) is 11.0 Å². The van der Waals surface area contributed by atoms with Crippen molar-refractivity contribution in [1.82, 2.24) is 10.1 Å². The number of hydrogen-bond donors (Lipinski definition) is 2. The zero-order chi connectivity index (χ0) is 26.5. The summed E-state index contributed by atoms with van der Waals surface area (Å²) in [5.41, 5.74) is 0.149. The van der Waals surface area contributed by atoms with Crippen LogP contribution in [0.4, 0.5) is 9.18 Å². The summed E-state index contributed by atoms with van der Waals surface area (Å²) < 4.78 is 25.9. The van der Waals surface area contributed by atoms with E-state index in [1.165, 1.54) is 12.1 Å². The molecule has 4 rings (SSSR count). The van der Waals surface area contributed by atoms with Gasteiger partial charge in [-0.25, -0.2) is 9.18 Å². The van der Waals surface area contributed by atoms with Crippen LogP contribution in [0.15, 0.2) is 48.5 Å². The average molecular weight is 496 g/mol. The third kappa shape index (κ3) is 5.17. The van der Waals surface area contributed by atoms with Crippen molar-refractivity contribution in [1.29, 1.82) is 0 Å². The van der Waals surface area contributed by atoms with Crippen LogP contribution in [0.3, 0.4) is 0 Å². The van der Waals surface area contributed by atoms with Crippen LogP contribution in [0.5, 0.6) is 0 Å². The van der Waals surface area contributed by atoms with Crippen molar-refractivity contribution in [3.05, 3.63) is 65.5 Å². The Bertz CT molecular complexity index is 1080. The van der Waals surface area contributed by atoms with E-state index in [1.54, 1.807) is 30.9 Å². The highest BCUT2D eigenvalue weighted by Crippen LogP contribution is 2.42. The summed E-state index contributed by atoms with van der Waals surface area (Å²) in [6.07, 6.45) is 0.256. The van der Waals surface area contributed by atoms with E-state index in [0.29, 0.717) is 18.5 Å². The number of amides is 1. The molecular weight excluding hydrogens is 458 g/mol. The van der Waals surface area contributed by atoms with Crippen LogP contribution in [0.1, 0.15) is 78.5 Å². The predicted octanol–water partition coefficient (Wildman–Crippen LogP) is 4.66. The minimum Gasteiger partial charge on any atom is -0.438 e. The van der Waals surface area contributed by atoms with Gasteiger partial charge < -0.3 is 24.6 Å². The Hall–Kier alpha value is -2.42. The van der Waals surface area contributed by atoms with Crippen LogP contribution in [0.2, 0.25) is 0 Å². The number of benzene rings is 2. The first-order valence-electron chi connectivity index (χ1n) is 12.7. The van der Waals surface area contributed by atoms with E-state index in [2.05, 4.69) is 32.9 Å². The molecule has 0 spiro atoms. The van der Waals surface area contributed by atoms with E-state index in [9.17, 15) is 14.3 Å². The van der Waals surface area contributed by atoms with Crippen molar-refractivity contribution in [3.63, 3.8) is 0 Å². The van der Waals surface area contributed by atoms with Crippen molar-refractivity contribution in [2.75, 3.05) is 6.54 Å². The lowest BCUT2D eigenvalue weighted by atomic mass is 9.73. The molecule has 2 aromatic carbocycles. The smallest absolute Gasteiger partial charge is 0.416 e. The molecule has 0 unspecified atom stereocenters. The van der Waals surface area contributed by atoms with Gasteiger partial charge in [-0.1, -0.05) is 36.4 Å². The van der Waals surface area contributed by atoms with Gasteiger partial charge in [0.15, 0.2) is 0 Å². The largest absolute Gasteiger partial charge is 0.438 e. The van der Waals surface area contributed by atoms with E-state index < -0.39 is 17.3 Å². The standard InChI is InChI=1S/C28H38BFN2O4/c1-19(20-8-12-22(13-9-20)29-31-26(4,5)27(6,7)36-29)32-17-16-28(35-24(32)33,18-25(2,3)34)21-10-14-23(30)15-11-21/h8-15,19,31,34H,16-18H2,1-7H3/t19-,28-/m0/s1. The number of ether oxygens (including phenoxy) is 1. The van der Waals surface area contributed by atoms with E-state index in [4.69, 9.17) is 9.39 Å². The maximum Gasteiger partial charge on any atom is 0.416 e. The first kappa shape index (κ1) is 26.6. The van der Waals surface area contributed by atoms with Gasteiger partial charge in [-0.15, -0.1) is 0 Å². The van der Waals surface area contributed by atoms with Crippen LogP contribution in [-0.2, 0) is 15.0 Å². The summed E-state index contributed by atoms with van der Waals surface area (Å²) in [7, 11) is -0.197. The molecular formula is C28H38BFN2O4. The number of carbonyl (C=O) groups is 1. The maximum absolute atomic E-state index is 13.6. The van der Waals surface area contributed by atoms with E-state index >= 15 is 0 Å². The van der Waals surface area contributed by atoms with Crippen molar-refractivity contribution in [2.24, 2.45) is 0 Å². The third-order valence-electron chi connectivity index (χ3n) is 7.96. The number of rotatable bonds is 6. The van der Waals surface area contributed by atoms with Crippen molar-refractivity contribution in [3.8, 4) is 0 Å². The van der Waals surface area contributed by atoms with Crippen LogP contribution in [0, 0.1) is 5.82 Å². The van der Waals surface area contributed by atoms with Gasteiger partial charge >= 0.3 is 13.1 Å². The summed E-state index contributed by atoms with van der Waals surface area (Å²) >= 11 is 0. The number of halogens is 1. The molecule has 2 aromatic rings. The number of nitrogens with one attached hydrogen (secondary N) is 1. The lowest BCUT2D eigenvalue weighted by molar-refractivity contribution is -0.101. The zero-order valence-electron chi connectivity index (χ0n) is 22.4. The number of hydrogen-bond acceptors (Lipinski definition) is 5. The fraction of sp³-hybridized carbons (Fsp3) is 0.536. The predicted molar refractivity (Wildman–Crippen MR) is 139 cm³/mol. The van der Waals surface area contributed by atoms with E-state index in [-0.39, 0.29) is 36.5 Å². The van der Waals surface area contributed by atoms with Gasteiger partial charge in [-0.2, -0.15) is 0 Å². The lowest BCUT2D eigenvalue weighted by Gasteiger charge is -2.45. The molecule has 0 radical (unpaired) electrons. The topological polar surface area (TPSA) is 71.0 Å². The molecule has 2 aliphatic rings. The highest BCUT2D eigenvalue weighted by molar-refractivity contribution is 6.65. The molecule has 8 heteroatoms. The second kappa shape index (κ2) is 9.16. The molecule has 2 saturated heterocycles. The fourth-order valence-corrected chi connectivity index (χ4v) is 5.16. The Morgan fingerprint density at radius 3 is 2.22 bits per heavy atom. The second-order valence-electron chi connectivity index (χ2n) is 11.9. The van der Waals surface area contributed by atoms with Gasteiger partial charge in [0.25, 0.3) is 0 Å². The molecule has 0 bridgehead atoms. The Kier molecular flexibility index (Phi) is 6.78. The summed E-state index contributed by atoms with van der Waals surface area (Å²) in [5.74, 6) is -0.358. The molecule has 2 N–H and O–H groups in total. The summed E-state index contributed by atoms with van der Waals surface area (Å²) in [6, 6.07) is 13.9. The lowest BCUT2D eigenvalue weighted by Crippen LogP contribution is -2.51. The van der Waals surface area contributed by atoms with Gasteiger partial charge in [-0.3, -0.25) is 0 Å². The fourth-order valence-electron chi connectivity index (χ4n) is 5.16. The zero-order valence-corrected chi connectivity index (χ0v) is 22.4. The first-order chi connectivity index (χ1) is 16.6. The van der Waals surface area contributed by atoms with Crippen LogP contribution in [-0.4, -0.2) is 46.4 Å². The van der Waals surface area contributed by atoms with Crippen LogP contribution >= 0.6 is 0 Å².